The number of carbonyl (C=O) groups is 3. The van der Waals surface area contributed by atoms with E-state index in [-0.39, 0.29) is 37.3 Å². The Morgan fingerprint density at radius 2 is 1.61 bits per heavy atom. The van der Waals surface area contributed by atoms with E-state index in [1.54, 1.807) is 32.9 Å². The molecule has 9 nitrogen and oxygen atoms in total. The fourth-order valence-electron chi connectivity index (χ4n) is 5.36. The molecule has 9 heteroatoms. The van der Waals surface area contributed by atoms with Gasteiger partial charge in [0.15, 0.2) is 0 Å². The fourth-order valence-corrected chi connectivity index (χ4v) is 5.36. The van der Waals surface area contributed by atoms with Gasteiger partial charge in [-0.25, -0.2) is 4.79 Å². The molecule has 3 amide bonds. The van der Waals surface area contributed by atoms with E-state index in [1.165, 1.54) is 17.0 Å². The van der Waals surface area contributed by atoms with Crippen LogP contribution in [-0.4, -0.2) is 63.9 Å². The third-order valence-corrected chi connectivity index (χ3v) is 7.06. The highest BCUT2D eigenvalue weighted by Gasteiger charge is 2.37. The Bertz CT molecular complexity index is 1160. The van der Waals surface area contributed by atoms with Crippen LogP contribution in [0.2, 0.25) is 0 Å². The normalized spacial score (nSPS) is 15.5. The van der Waals surface area contributed by atoms with Gasteiger partial charge in [0, 0.05) is 19.0 Å². The lowest BCUT2D eigenvalue weighted by Crippen LogP contribution is -2.55. The van der Waals surface area contributed by atoms with Gasteiger partial charge in [-0.1, -0.05) is 60.7 Å². The Balaban J connectivity index is 2.02. The molecule has 0 radical (unpaired) electrons. The minimum Gasteiger partial charge on any atom is -0.508 e. The molecule has 41 heavy (non-hydrogen) atoms. The number of nitrogens with zero attached hydrogens (tertiary/aromatic N) is 1. The summed E-state index contributed by atoms with van der Waals surface area (Å²) in [6.07, 6.45) is 4.28. The van der Waals surface area contributed by atoms with Gasteiger partial charge < -0.3 is 30.5 Å². The van der Waals surface area contributed by atoms with Crippen molar-refractivity contribution in [3.8, 4) is 5.75 Å². The second-order valence-corrected chi connectivity index (χ2v) is 12.0. The smallest absolute Gasteiger partial charge is 0.408 e. The maximum absolute atomic E-state index is 14.3. The molecule has 2 aromatic carbocycles. The summed E-state index contributed by atoms with van der Waals surface area (Å²) in [4.78, 5) is 42.5. The Hall–Kier alpha value is -3.59. The Kier molecular flexibility index (Phi) is 11.2. The van der Waals surface area contributed by atoms with Crippen molar-refractivity contribution in [1.82, 2.24) is 15.5 Å². The van der Waals surface area contributed by atoms with Crippen LogP contribution in [0.25, 0.3) is 0 Å². The van der Waals surface area contributed by atoms with Crippen molar-refractivity contribution >= 4 is 17.9 Å². The van der Waals surface area contributed by atoms with Crippen LogP contribution in [0.4, 0.5) is 4.79 Å². The highest BCUT2D eigenvalue weighted by atomic mass is 16.6. The number of amides is 3. The predicted molar refractivity (Wildman–Crippen MR) is 157 cm³/mol. The van der Waals surface area contributed by atoms with Crippen LogP contribution in [0.3, 0.4) is 0 Å². The molecule has 0 spiro atoms. The molecule has 0 heterocycles. The van der Waals surface area contributed by atoms with Gasteiger partial charge in [0.1, 0.15) is 23.4 Å². The number of ether oxygens (including phenoxy) is 1. The molecular weight excluding hydrogens is 522 g/mol. The molecule has 0 aromatic heterocycles. The van der Waals surface area contributed by atoms with E-state index in [0.717, 1.165) is 43.2 Å². The monoisotopic (exact) mass is 567 g/mol. The standard InChI is InChI=1S/C32H45N3O6/c1-21-17-22(2)19-24(18-21)28(29(38)33-25-9-7-6-8-10-25)35(15-16-36)30(39)27(34-31(40)41-32(3,4)5)20-23-11-13-26(37)14-12-23/h11-14,17-19,25,27-28,36-37H,6-10,15-16,20H2,1-5H3,(H,33,38)(H,34,40). The lowest BCUT2D eigenvalue weighted by Gasteiger charge is -2.35. The molecule has 1 aliphatic carbocycles. The first-order valence-corrected chi connectivity index (χ1v) is 14.4. The van der Waals surface area contributed by atoms with Gasteiger partial charge in [-0.05, 0) is 70.7 Å². The summed E-state index contributed by atoms with van der Waals surface area (Å²) >= 11 is 0. The van der Waals surface area contributed by atoms with Crippen molar-refractivity contribution in [2.45, 2.75) is 96.9 Å². The Morgan fingerprint density at radius 3 is 2.17 bits per heavy atom. The molecule has 2 atom stereocenters. The van der Waals surface area contributed by atoms with E-state index < -0.39 is 29.7 Å². The van der Waals surface area contributed by atoms with Gasteiger partial charge in [-0.3, -0.25) is 9.59 Å². The SMILES string of the molecule is Cc1cc(C)cc(C(C(=O)NC2CCCCC2)N(CCO)C(=O)C(Cc2ccc(O)cc2)NC(=O)OC(C)(C)C)c1. The van der Waals surface area contributed by atoms with Crippen LogP contribution in [0.1, 0.15) is 81.2 Å². The maximum atomic E-state index is 14.3. The van der Waals surface area contributed by atoms with E-state index >= 15 is 0 Å². The van der Waals surface area contributed by atoms with E-state index in [4.69, 9.17) is 4.74 Å². The lowest BCUT2D eigenvalue weighted by atomic mass is 9.94. The van der Waals surface area contributed by atoms with Crippen LogP contribution in [0, 0.1) is 13.8 Å². The highest BCUT2D eigenvalue weighted by Crippen LogP contribution is 2.27. The number of aromatic hydroxyl groups is 1. The number of rotatable bonds is 10. The number of hydrogen-bond donors (Lipinski definition) is 4. The first kappa shape index (κ1) is 31.9. The molecule has 1 aliphatic rings. The van der Waals surface area contributed by atoms with Gasteiger partial charge in [0.25, 0.3) is 0 Å². The van der Waals surface area contributed by atoms with E-state index in [1.807, 2.05) is 32.0 Å². The molecule has 224 valence electrons. The summed E-state index contributed by atoms with van der Waals surface area (Å²) < 4.78 is 5.45. The minimum absolute atomic E-state index is 0.0171. The molecule has 0 saturated heterocycles. The minimum atomic E-state index is -1.10. The number of hydrogen-bond acceptors (Lipinski definition) is 6. The van der Waals surface area contributed by atoms with Crippen molar-refractivity contribution in [3.05, 3.63) is 64.7 Å². The van der Waals surface area contributed by atoms with Gasteiger partial charge in [0.05, 0.1) is 6.61 Å². The van der Waals surface area contributed by atoms with Gasteiger partial charge in [-0.2, -0.15) is 0 Å². The van der Waals surface area contributed by atoms with Crippen LogP contribution in [0.5, 0.6) is 5.75 Å². The topological polar surface area (TPSA) is 128 Å². The van der Waals surface area contributed by atoms with Crippen molar-refractivity contribution in [2.75, 3.05) is 13.2 Å². The molecule has 0 bridgehead atoms. The van der Waals surface area contributed by atoms with Crippen LogP contribution >= 0.6 is 0 Å². The summed E-state index contributed by atoms with van der Waals surface area (Å²) in [6.45, 7) is 8.57. The van der Waals surface area contributed by atoms with Crippen molar-refractivity contribution in [1.29, 1.82) is 0 Å². The molecule has 1 fully saturated rings. The molecule has 0 aliphatic heterocycles. The summed E-state index contributed by atoms with van der Waals surface area (Å²) in [7, 11) is 0. The zero-order valence-electron chi connectivity index (χ0n) is 24.9. The number of alkyl carbamates (subject to hydrolysis) is 1. The Labute approximate surface area is 243 Å². The average Bonchev–Trinajstić information content (AvgIpc) is 2.88. The first-order chi connectivity index (χ1) is 19.4. The third-order valence-electron chi connectivity index (χ3n) is 7.06. The summed E-state index contributed by atoms with van der Waals surface area (Å²) in [6, 6.07) is 10.0. The first-order valence-electron chi connectivity index (χ1n) is 14.4. The lowest BCUT2D eigenvalue weighted by molar-refractivity contribution is -0.143. The molecular formula is C32H45N3O6. The van der Waals surface area contributed by atoms with Crippen LogP contribution in [-0.2, 0) is 20.7 Å². The van der Waals surface area contributed by atoms with Gasteiger partial charge >= 0.3 is 6.09 Å². The summed E-state index contributed by atoms with van der Waals surface area (Å²) in [5, 5.41) is 25.7. The summed E-state index contributed by atoms with van der Waals surface area (Å²) in [5.74, 6) is -0.766. The second kappa shape index (κ2) is 14.3. The van der Waals surface area contributed by atoms with Crippen molar-refractivity contribution in [2.24, 2.45) is 0 Å². The number of aliphatic hydroxyl groups excluding tert-OH is 1. The predicted octanol–water partition coefficient (Wildman–Crippen LogP) is 4.46. The quantitative estimate of drug-likeness (QED) is 0.336. The van der Waals surface area contributed by atoms with Crippen molar-refractivity contribution < 1.29 is 29.3 Å². The van der Waals surface area contributed by atoms with E-state index in [0.29, 0.717) is 11.1 Å². The molecule has 2 aromatic rings. The molecule has 3 rings (SSSR count). The van der Waals surface area contributed by atoms with E-state index in [9.17, 15) is 24.6 Å². The van der Waals surface area contributed by atoms with Crippen LogP contribution in [0.15, 0.2) is 42.5 Å². The number of nitrogens with one attached hydrogen (secondary N) is 2. The highest BCUT2D eigenvalue weighted by molar-refractivity contribution is 5.92. The zero-order chi connectivity index (χ0) is 30.2. The van der Waals surface area contributed by atoms with Crippen LogP contribution < -0.4 is 10.6 Å². The number of carbonyl (C=O) groups excluding carboxylic acids is 3. The number of aryl methyl sites for hydroxylation is 2. The molecule has 1 saturated carbocycles. The largest absolute Gasteiger partial charge is 0.508 e. The van der Waals surface area contributed by atoms with Gasteiger partial charge in [0.2, 0.25) is 11.8 Å². The number of aliphatic hydroxyl groups is 1. The summed E-state index contributed by atoms with van der Waals surface area (Å²) in [5.41, 5.74) is 2.43. The average molecular weight is 568 g/mol. The Morgan fingerprint density at radius 1 is 1.00 bits per heavy atom. The number of phenols is 1. The second-order valence-electron chi connectivity index (χ2n) is 12.0. The maximum Gasteiger partial charge on any atom is 0.408 e. The third kappa shape index (κ3) is 9.78. The van der Waals surface area contributed by atoms with E-state index in [2.05, 4.69) is 10.6 Å². The van der Waals surface area contributed by atoms with Crippen molar-refractivity contribution in [3.63, 3.8) is 0 Å². The zero-order valence-corrected chi connectivity index (χ0v) is 24.9. The number of phenolic OH excluding ortho intramolecular Hbond substituents is 1. The molecule has 2 unspecified atom stereocenters. The van der Waals surface area contributed by atoms with Gasteiger partial charge in [-0.15, -0.1) is 0 Å². The number of benzene rings is 2. The molecule has 4 N–H and O–H groups in total. The fraction of sp³-hybridized carbons (Fsp3) is 0.531.